The highest BCUT2D eigenvalue weighted by atomic mass is 32.2. The molecule has 0 aliphatic rings. The highest BCUT2D eigenvalue weighted by Gasteiger charge is 2.30. The molecule has 0 saturated carbocycles. The number of ether oxygens (including phenoxy) is 3. The first kappa shape index (κ1) is 22.7. The molecule has 138 valence electrons. The molecule has 5 heteroatoms. The Balaban J connectivity index is 4.17. The predicted octanol–water partition coefficient (Wildman–Crippen LogP) is 4.17. The van der Waals surface area contributed by atoms with Crippen molar-refractivity contribution in [2.45, 2.75) is 59.5 Å². The second-order valence-corrected chi connectivity index (χ2v) is 7.76. The third-order valence-electron chi connectivity index (χ3n) is 4.00. The van der Waals surface area contributed by atoms with Gasteiger partial charge in [0.25, 0.3) is 0 Å². The van der Waals surface area contributed by atoms with E-state index in [1.807, 2.05) is 13.8 Å². The van der Waals surface area contributed by atoms with Gasteiger partial charge in [0.15, 0.2) is 0 Å². The Morgan fingerprint density at radius 2 is 1.87 bits per heavy atom. The maximum atomic E-state index is 12.3. The topological polar surface area (TPSA) is 44.8 Å². The van der Waals surface area contributed by atoms with Crippen molar-refractivity contribution in [3.8, 4) is 0 Å². The predicted molar refractivity (Wildman–Crippen MR) is 98.0 cm³/mol. The van der Waals surface area contributed by atoms with Crippen molar-refractivity contribution >= 4 is 17.7 Å². The molecule has 0 aromatic rings. The molecule has 2 unspecified atom stereocenters. The standard InChI is InChI=1S/C18H36O4S/c1-7-9-10-15(8-2)11-22-17(19)18(3,4)14-23-13-16(21-6)12-20-5/h15-16H,7-14H2,1-6H3. The molecule has 0 fully saturated rings. The van der Waals surface area contributed by atoms with Gasteiger partial charge in [-0.25, -0.2) is 0 Å². The normalized spacial score (nSPS) is 14.5. The molecule has 0 radical (unpaired) electrons. The molecule has 23 heavy (non-hydrogen) atoms. The molecule has 0 N–H and O–H groups in total. The van der Waals surface area contributed by atoms with Gasteiger partial charge in [-0.15, -0.1) is 0 Å². The Bertz CT molecular complexity index is 307. The Morgan fingerprint density at radius 3 is 2.39 bits per heavy atom. The fraction of sp³-hybridized carbons (Fsp3) is 0.944. The first-order valence-electron chi connectivity index (χ1n) is 8.67. The van der Waals surface area contributed by atoms with Crippen molar-refractivity contribution in [2.75, 3.05) is 38.9 Å². The van der Waals surface area contributed by atoms with Crippen LogP contribution < -0.4 is 0 Å². The zero-order chi connectivity index (χ0) is 17.7. The van der Waals surface area contributed by atoms with E-state index in [0.29, 0.717) is 19.1 Å². The summed E-state index contributed by atoms with van der Waals surface area (Å²) in [5.41, 5.74) is -0.473. The lowest BCUT2D eigenvalue weighted by molar-refractivity contribution is -0.154. The molecule has 0 heterocycles. The van der Waals surface area contributed by atoms with Crippen LogP contribution in [0.1, 0.15) is 53.4 Å². The monoisotopic (exact) mass is 348 g/mol. The van der Waals surface area contributed by atoms with Crippen molar-refractivity contribution in [2.24, 2.45) is 11.3 Å². The van der Waals surface area contributed by atoms with Crippen LogP contribution in [0.15, 0.2) is 0 Å². The molecular formula is C18H36O4S. The van der Waals surface area contributed by atoms with E-state index in [0.717, 1.165) is 24.3 Å². The third-order valence-corrected chi connectivity index (χ3v) is 5.53. The van der Waals surface area contributed by atoms with E-state index in [2.05, 4.69) is 13.8 Å². The van der Waals surface area contributed by atoms with Crippen molar-refractivity contribution in [3.05, 3.63) is 0 Å². The minimum atomic E-state index is -0.473. The van der Waals surface area contributed by atoms with Gasteiger partial charge in [-0.3, -0.25) is 4.79 Å². The van der Waals surface area contributed by atoms with Crippen molar-refractivity contribution in [1.82, 2.24) is 0 Å². The lowest BCUT2D eigenvalue weighted by Gasteiger charge is -2.24. The number of rotatable bonds is 14. The first-order chi connectivity index (χ1) is 10.9. The Hall–Kier alpha value is -0.260. The molecule has 4 nitrogen and oxygen atoms in total. The van der Waals surface area contributed by atoms with Crippen LogP contribution in [0.2, 0.25) is 0 Å². The fourth-order valence-corrected chi connectivity index (χ4v) is 3.40. The highest BCUT2D eigenvalue weighted by molar-refractivity contribution is 7.99. The number of hydrogen-bond donors (Lipinski definition) is 0. The minimum Gasteiger partial charge on any atom is -0.465 e. The number of thioether (sulfide) groups is 1. The van der Waals surface area contributed by atoms with E-state index >= 15 is 0 Å². The second kappa shape index (κ2) is 13.1. The average Bonchev–Trinajstić information content (AvgIpc) is 2.53. The molecule has 0 aromatic carbocycles. The molecule has 0 saturated heterocycles. The molecule has 0 bridgehead atoms. The van der Waals surface area contributed by atoms with Crippen LogP contribution in [0.4, 0.5) is 0 Å². The van der Waals surface area contributed by atoms with Gasteiger partial charge in [0, 0.05) is 25.7 Å². The fourth-order valence-electron chi connectivity index (χ4n) is 2.16. The minimum absolute atomic E-state index is 0.0651. The van der Waals surface area contributed by atoms with E-state index in [1.165, 1.54) is 12.8 Å². The van der Waals surface area contributed by atoms with Crippen molar-refractivity contribution in [1.29, 1.82) is 0 Å². The lowest BCUT2D eigenvalue weighted by Crippen LogP contribution is -2.31. The Kier molecular flexibility index (Phi) is 12.9. The molecular weight excluding hydrogens is 312 g/mol. The zero-order valence-electron chi connectivity index (χ0n) is 15.9. The molecule has 0 aromatic heterocycles. The number of esters is 1. The smallest absolute Gasteiger partial charge is 0.312 e. The molecule has 0 amide bonds. The van der Waals surface area contributed by atoms with Crippen LogP contribution >= 0.6 is 11.8 Å². The van der Waals surface area contributed by atoms with Gasteiger partial charge in [0.1, 0.15) is 0 Å². The number of methoxy groups -OCH3 is 2. The van der Waals surface area contributed by atoms with Crippen LogP contribution in [-0.2, 0) is 19.0 Å². The van der Waals surface area contributed by atoms with Gasteiger partial charge >= 0.3 is 5.97 Å². The van der Waals surface area contributed by atoms with Crippen molar-refractivity contribution in [3.63, 3.8) is 0 Å². The second-order valence-electron chi connectivity index (χ2n) is 6.73. The van der Waals surface area contributed by atoms with Gasteiger partial charge < -0.3 is 14.2 Å². The summed E-state index contributed by atoms with van der Waals surface area (Å²) in [6.45, 7) is 9.38. The molecule has 0 rings (SSSR count). The summed E-state index contributed by atoms with van der Waals surface area (Å²) in [5.74, 6) is 1.93. The Morgan fingerprint density at radius 1 is 1.17 bits per heavy atom. The largest absolute Gasteiger partial charge is 0.465 e. The summed E-state index contributed by atoms with van der Waals surface area (Å²) in [5, 5.41) is 0. The van der Waals surface area contributed by atoms with E-state index in [1.54, 1.807) is 26.0 Å². The van der Waals surface area contributed by atoms with E-state index in [4.69, 9.17) is 14.2 Å². The summed E-state index contributed by atoms with van der Waals surface area (Å²) < 4.78 is 16.0. The average molecular weight is 349 g/mol. The van der Waals surface area contributed by atoms with E-state index < -0.39 is 5.41 Å². The van der Waals surface area contributed by atoms with Gasteiger partial charge in [0.05, 0.1) is 24.7 Å². The van der Waals surface area contributed by atoms with Gasteiger partial charge in [-0.2, -0.15) is 11.8 Å². The van der Waals surface area contributed by atoms with E-state index in [-0.39, 0.29) is 12.1 Å². The SMILES string of the molecule is CCCCC(CC)COC(=O)C(C)(C)CSCC(COC)OC. The van der Waals surface area contributed by atoms with Crippen LogP contribution in [0.3, 0.4) is 0 Å². The van der Waals surface area contributed by atoms with Gasteiger partial charge in [0.2, 0.25) is 0 Å². The van der Waals surface area contributed by atoms with Crippen LogP contribution in [0, 0.1) is 11.3 Å². The summed E-state index contributed by atoms with van der Waals surface area (Å²) in [4.78, 5) is 12.3. The molecule has 0 spiro atoms. The summed E-state index contributed by atoms with van der Waals surface area (Å²) in [7, 11) is 3.35. The van der Waals surface area contributed by atoms with Crippen molar-refractivity contribution < 1.29 is 19.0 Å². The number of carbonyl (C=O) groups excluding carboxylic acids is 1. The maximum Gasteiger partial charge on any atom is 0.312 e. The summed E-state index contributed by atoms with van der Waals surface area (Å²) in [6, 6.07) is 0. The number of hydrogen-bond acceptors (Lipinski definition) is 5. The lowest BCUT2D eigenvalue weighted by atomic mass is 9.96. The maximum absolute atomic E-state index is 12.3. The van der Waals surface area contributed by atoms with Crippen LogP contribution in [0.25, 0.3) is 0 Å². The summed E-state index contributed by atoms with van der Waals surface area (Å²) in [6.07, 6.45) is 4.66. The molecule has 0 aliphatic carbocycles. The quantitative estimate of drug-likeness (QED) is 0.441. The molecule has 2 atom stereocenters. The zero-order valence-corrected chi connectivity index (χ0v) is 16.7. The number of unbranched alkanes of at least 4 members (excludes halogenated alkanes) is 1. The Labute approximate surface area is 147 Å². The molecule has 0 aliphatic heterocycles. The third kappa shape index (κ3) is 10.3. The highest BCUT2D eigenvalue weighted by Crippen LogP contribution is 2.25. The van der Waals surface area contributed by atoms with Gasteiger partial charge in [-0.05, 0) is 26.2 Å². The van der Waals surface area contributed by atoms with Crippen LogP contribution in [0.5, 0.6) is 0 Å². The van der Waals surface area contributed by atoms with E-state index in [9.17, 15) is 4.79 Å². The number of carbonyl (C=O) groups is 1. The van der Waals surface area contributed by atoms with Crippen LogP contribution in [-0.4, -0.2) is 51.0 Å². The summed E-state index contributed by atoms with van der Waals surface area (Å²) >= 11 is 1.71. The van der Waals surface area contributed by atoms with Gasteiger partial charge in [-0.1, -0.05) is 33.1 Å². The first-order valence-corrected chi connectivity index (χ1v) is 9.83.